The molecule has 4 aliphatic rings. The van der Waals surface area contributed by atoms with Crippen LogP contribution in [0.4, 0.5) is 17.1 Å². The number of ether oxygens (including phenoxy) is 2. The van der Waals surface area contributed by atoms with Crippen LogP contribution in [-0.4, -0.2) is 0 Å². The van der Waals surface area contributed by atoms with Crippen LogP contribution in [0.5, 0.6) is 23.0 Å². The number of hydrogen-bond acceptors (Lipinski definition) is 3. The molecule has 0 saturated heterocycles. The van der Waals surface area contributed by atoms with Crippen LogP contribution in [0, 0.1) is 0 Å². The van der Waals surface area contributed by atoms with Crippen LogP contribution in [0.25, 0.3) is 44.2 Å². The lowest BCUT2D eigenvalue weighted by atomic mass is 9.64. The van der Waals surface area contributed by atoms with Crippen LogP contribution in [0.2, 0.25) is 0 Å². The first-order chi connectivity index (χ1) is 40.7. The third kappa shape index (κ3) is 7.71. The van der Waals surface area contributed by atoms with Gasteiger partial charge in [-0.3, -0.25) is 0 Å². The van der Waals surface area contributed by atoms with E-state index < -0.39 is 10.8 Å². The van der Waals surface area contributed by atoms with Crippen molar-refractivity contribution in [1.29, 1.82) is 0 Å². The van der Waals surface area contributed by atoms with Crippen molar-refractivity contribution in [2.75, 3.05) is 4.90 Å². The number of nitrogens with zero attached hydrogens (tertiary/aromatic N) is 1. The standard InChI is InChI=1S/C82H73NO2/c1-77(2,3)51-35-40-59-60-41-36-52(78(4,5)6)46-67(60)82(66(59)45-51)64-30-18-20-34-73(64)85-76-65(82)31-22-33-72(76)83(71-32-19-16-27-62(71)57-28-21-24-50-23-13-14-25-56(50)57)55-39-42-61-58-26-15-17-29-63(58)81(68(61)49-55)69-47-53(79(7,8)9)37-43-74(69)84-75-44-38-54(48-70(75)81)80(10,11)12/h13-49H,1-12H3. The average Bonchev–Trinajstić information content (AvgIpc) is 1.63. The number of anilines is 3. The second-order valence-electron chi connectivity index (χ2n) is 28.5. The highest BCUT2D eigenvalue weighted by molar-refractivity contribution is 6.03. The summed E-state index contributed by atoms with van der Waals surface area (Å²) < 4.78 is 14.9. The maximum absolute atomic E-state index is 7.74. The van der Waals surface area contributed by atoms with Crippen LogP contribution in [-0.2, 0) is 32.5 Å². The normalized spacial score (nSPS) is 14.7. The molecule has 0 radical (unpaired) electrons. The summed E-state index contributed by atoms with van der Waals surface area (Å²) in [5.74, 6) is 3.45. The van der Waals surface area contributed by atoms with Crippen molar-refractivity contribution in [3.05, 3.63) is 291 Å². The molecule has 85 heavy (non-hydrogen) atoms. The van der Waals surface area contributed by atoms with Gasteiger partial charge in [-0.2, -0.15) is 0 Å². The zero-order chi connectivity index (χ0) is 58.7. The van der Waals surface area contributed by atoms with Gasteiger partial charge in [-0.05, 0) is 159 Å². The lowest BCUT2D eigenvalue weighted by Gasteiger charge is -2.42. The highest BCUT2D eigenvalue weighted by Crippen LogP contribution is 2.67. The van der Waals surface area contributed by atoms with E-state index in [4.69, 9.17) is 9.47 Å². The Labute approximate surface area is 502 Å². The third-order valence-electron chi connectivity index (χ3n) is 19.2. The van der Waals surface area contributed by atoms with Gasteiger partial charge in [0, 0.05) is 33.5 Å². The van der Waals surface area contributed by atoms with Crippen molar-refractivity contribution in [1.82, 2.24) is 0 Å². The number of benzene rings is 11. The van der Waals surface area contributed by atoms with E-state index in [9.17, 15) is 0 Å². The molecule has 0 aromatic heterocycles. The third-order valence-corrected chi connectivity index (χ3v) is 19.2. The predicted octanol–water partition coefficient (Wildman–Crippen LogP) is 22.1. The van der Waals surface area contributed by atoms with Gasteiger partial charge < -0.3 is 14.4 Å². The molecular weight excluding hydrogens is 1030 g/mol. The van der Waals surface area contributed by atoms with Crippen LogP contribution in [0.15, 0.2) is 224 Å². The Morgan fingerprint density at radius 2 is 0.694 bits per heavy atom. The predicted molar refractivity (Wildman–Crippen MR) is 354 cm³/mol. The van der Waals surface area contributed by atoms with E-state index in [2.05, 4.69) is 312 Å². The van der Waals surface area contributed by atoms with E-state index in [0.717, 1.165) is 73.4 Å². The van der Waals surface area contributed by atoms with Gasteiger partial charge in [0.05, 0.1) is 22.2 Å². The summed E-state index contributed by atoms with van der Waals surface area (Å²) in [6.07, 6.45) is 0. The molecule has 2 aliphatic heterocycles. The Morgan fingerprint density at radius 3 is 1.32 bits per heavy atom. The van der Waals surface area contributed by atoms with Gasteiger partial charge in [-0.1, -0.05) is 253 Å². The van der Waals surface area contributed by atoms with E-state index in [0.29, 0.717) is 0 Å². The van der Waals surface area contributed by atoms with Gasteiger partial charge in [0.1, 0.15) is 17.2 Å². The summed E-state index contributed by atoms with van der Waals surface area (Å²) in [5, 5.41) is 2.39. The van der Waals surface area contributed by atoms with Gasteiger partial charge in [0.15, 0.2) is 5.75 Å². The molecule has 2 spiro atoms. The van der Waals surface area contributed by atoms with Crippen molar-refractivity contribution in [2.24, 2.45) is 0 Å². The first-order valence-electron chi connectivity index (χ1n) is 30.5. The summed E-state index contributed by atoms with van der Waals surface area (Å²) >= 11 is 0. The molecule has 0 fully saturated rings. The minimum atomic E-state index is -0.753. The second kappa shape index (κ2) is 18.3. The Balaban J connectivity index is 1.07. The molecule has 3 heteroatoms. The molecule has 11 aromatic rings. The molecule has 3 nitrogen and oxygen atoms in total. The van der Waals surface area contributed by atoms with Gasteiger partial charge in [0.2, 0.25) is 0 Å². The maximum Gasteiger partial charge on any atom is 0.156 e. The lowest BCUT2D eigenvalue weighted by molar-refractivity contribution is 0.433. The van der Waals surface area contributed by atoms with E-state index in [-0.39, 0.29) is 21.7 Å². The SMILES string of the molecule is CC(C)(C)c1ccc2c(c1)C1(c3cc(C(C)(C)C)ccc3O2)c2ccccc2-c2ccc(N(c3ccccc3-c3cccc4ccccc34)c3cccc4c3Oc3ccccc3C43c4cc(C(C)(C)C)ccc4-c4ccc(C(C)(C)C)cc43)cc21. The van der Waals surface area contributed by atoms with Crippen molar-refractivity contribution < 1.29 is 9.47 Å². The molecule has 11 aromatic carbocycles. The molecular formula is C82H73NO2. The molecule has 0 amide bonds. The van der Waals surface area contributed by atoms with Crippen LogP contribution < -0.4 is 14.4 Å². The quantitative estimate of drug-likeness (QED) is 0.175. The zero-order valence-corrected chi connectivity index (χ0v) is 51.1. The molecule has 0 atom stereocenters. The molecule has 2 aliphatic carbocycles. The Morgan fingerprint density at radius 1 is 0.282 bits per heavy atom. The van der Waals surface area contributed by atoms with Crippen LogP contribution in [0.1, 0.15) is 150 Å². The minimum Gasteiger partial charge on any atom is -0.457 e. The first-order valence-corrected chi connectivity index (χ1v) is 30.5. The molecule has 418 valence electrons. The minimum absolute atomic E-state index is 0.0995. The van der Waals surface area contributed by atoms with E-state index in [1.807, 2.05) is 0 Å². The Hall–Kier alpha value is -8.92. The average molecular weight is 1100 g/mol. The lowest BCUT2D eigenvalue weighted by Crippen LogP contribution is -2.34. The van der Waals surface area contributed by atoms with Gasteiger partial charge in [-0.15, -0.1) is 0 Å². The molecule has 15 rings (SSSR count). The van der Waals surface area contributed by atoms with Crippen molar-refractivity contribution in [2.45, 2.75) is 116 Å². The fraction of sp³-hybridized carbons (Fsp3) is 0.220. The van der Waals surface area contributed by atoms with Crippen molar-refractivity contribution in [3.63, 3.8) is 0 Å². The highest BCUT2D eigenvalue weighted by Gasteiger charge is 2.54. The largest absolute Gasteiger partial charge is 0.457 e. The highest BCUT2D eigenvalue weighted by atomic mass is 16.5. The fourth-order valence-corrected chi connectivity index (χ4v) is 14.8. The molecule has 0 N–H and O–H groups in total. The smallest absolute Gasteiger partial charge is 0.156 e. The summed E-state index contributed by atoms with van der Waals surface area (Å²) in [5.41, 5.74) is 23.1. The zero-order valence-electron chi connectivity index (χ0n) is 51.1. The molecule has 0 bridgehead atoms. The topological polar surface area (TPSA) is 21.7 Å². The van der Waals surface area contributed by atoms with E-state index >= 15 is 0 Å². The van der Waals surface area contributed by atoms with Crippen LogP contribution >= 0.6 is 0 Å². The van der Waals surface area contributed by atoms with Gasteiger partial charge >= 0.3 is 0 Å². The first kappa shape index (κ1) is 52.9. The maximum atomic E-state index is 7.74. The monoisotopic (exact) mass is 1100 g/mol. The summed E-state index contributed by atoms with van der Waals surface area (Å²) in [6, 6.07) is 85.2. The Kier molecular flexibility index (Phi) is 11.4. The summed E-state index contributed by atoms with van der Waals surface area (Å²) in [6.45, 7) is 27.9. The van der Waals surface area contributed by atoms with Gasteiger partial charge in [-0.25, -0.2) is 0 Å². The number of fused-ring (bicyclic) bond motifs is 19. The fourth-order valence-electron chi connectivity index (χ4n) is 14.8. The number of rotatable bonds is 4. The molecule has 0 unspecified atom stereocenters. The van der Waals surface area contributed by atoms with Gasteiger partial charge in [0.25, 0.3) is 0 Å². The number of hydrogen-bond donors (Lipinski definition) is 0. The summed E-state index contributed by atoms with van der Waals surface area (Å²) in [4.78, 5) is 2.53. The van der Waals surface area contributed by atoms with E-state index in [1.54, 1.807) is 0 Å². The molecule has 2 heterocycles. The van der Waals surface area contributed by atoms with Crippen LogP contribution in [0.3, 0.4) is 0 Å². The number of para-hydroxylation sites is 3. The summed E-state index contributed by atoms with van der Waals surface area (Å²) in [7, 11) is 0. The second-order valence-corrected chi connectivity index (χ2v) is 28.5. The van der Waals surface area contributed by atoms with E-state index in [1.165, 1.54) is 77.5 Å². The Bertz CT molecular complexity index is 4470. The van der Waals surface area contributed by atoms with Crippen molar-refractivity contribution >= 4 is 27.8 Å². The molecule has 0 saturated carbocycles. The van der Waals surface area contributed by atoms with Crippen molar-refractivity contribution in [3.8, 4) is 56.4 Å².